The zero-order valence-corrected chi connectivity index (χ0v) is 5.50. The van der Waals surface area contributed by atoms with Crippen LogP contribution in [0, 0.1) is 12.3 Å². The van der Waals surface area contributed by atoms with E-state index in [4.69, 9.17) is 10.8 Å². The molecule has 0 aromatic rings. The number of carbonyl (C=O) groups is 1. The maximum Gasteiger partial charge on any atom is 0.220 e. The number of aliphatic hydroxyl groups excluding tert-OH is 1. The number of hydrogen-bond acceptors (Lipinski definition) is 2. The fourth-order valence-corrected chi connectivity index (χ4v) is 0.441. The van der Waals surface area contributed by atoms with Crippen molar-refractivity contribution in [3.05, 3.63) is 6.42 Å². The third kappa shape index (κ3) is 3.97. The van der Waals surface area contributed by atoms with Gasteiger partial charge in [-0.25, -0.2) is 0 Å². The molecule has 0 heterocycles. The van der Waals surface area contributed by atoms with Gasteiger partial charge in [0.1, 0.15) is 0 Å². The van der Waals surface area contributed by atoms with Crippen LogP contribution < -0.4 is 5.73 Å². The van der Waals surface area contributed by atoms with Crippen molar-refractivity contribution in [3.63, 3.8) is 0 Å². The highest BCUT2D eigenvalue weighted by molar-refractivity contribution is 5.76. The van der Waals surface area contributed by atoms with Crippen LogP contribution in [0.4, 0.5) is 0 Å². The number of hydrogen-bond donors (Lipinski definition) is 2. The van der Waals surface area contributed by atoms with Gasteiger partial charge in [-0.1, -0.05) is 6.92 Å². The normalized spacial score (nSPS) is 13.1. The van der Waals surface area contributed by atoms with Crippen molar-refractivity contribution in [1.29, 1.82) is 0 Å². The van der Waals surface area contributed by atoms with Crippen LogP contribution in [0.15, 0.2) is 0 Å². The summed E-state index contributed by atoms with van der Waals surface area (Å²) in [6, 6.07) is 0. The van der Waals surface area contributed by atoms with Gasteiger partial charge in [-0.05, 0) is 12.8 Å². The lowest BCUT2D eigenvalue weighted by Gasteiger charge is -2.02. The summed E-state index contributed by atoms with van der Waals surface area (Å²) in [6.45, 7) is 1.74. The third-order valence-corrected chi connectivity index (χ3v) is 1.14. The van der Waals surface area contributed by atoms with Crippen molar-refractivity contribution in [2.24, 2.45) is 11.7 Å². The van der Waals surface area contributed by atoms with Crippen molar-refractivity contribution in [2.45, 2.75) is 13.3 Å². The van der Waals surface area contributed by atoms with E-state index < -0.39 is 0 Å². The fourth-order valence-electron chi connectivity index (χ4n) is 0.441. The molecule has 0 fully saturated rings. The predicted molar refractivity (Wildman–Crippen MR) is 34.4 cm³/mol. The zero-order chi connectivity index (χ0) is 7.28. The van der Waals surface area contributed by atoms with Crippen LogP contribution in [0.1, 0.15) is 13.3 Å². The first-order valence-electron chi connectivity index (χ1n) is 2.90. The molecule has 0 aromatic carbocycles. The Labute approximate surface area is 54.9 Å². The standard InChI is InChI=1S/C6H12NO2/c1-5(6(7)9)3-2-4-8/h2,5,8H,3-4H2,1H3,(H2,7,9)/t5-/m0/s1. The Bertz CT molecular complexity index is 93.1. The summed E-state index contributed by atoms with van der Waals surface area (Å²) in [5.41, 5.74) is 4.94. The molecular weight excluding hydrogens is 118 g/mol. The van der Waals surface area contributed by atoms with Crippen LogP contribution >= 0.6 is 0 Å². The summed E-state index contributed by atoms with van der Waals surface area (Å²) in [5, 5.41) is 8.29. The molecule has 0 saturated carbocycles. The first-order valence-corrected chi connectivity index (χ1v) is 2.90. The van der Waals surface area contributed by atoms with E-state index in [1.165, 1.54) is 0 Å². The summed E-state index contributed by atoms with van der Waals surface area (Å²) in [5.74, 6) is -0.475. The van der Waals surface area contributed by atoms with Gasteiger partial charge in [0.2, 0.25) is 5.91 Å². The Morgan fingerprint density at radius 2 is 2.44 bits per heavy atom. The van der Waals surface area contributed by atoms with Crippen molar-refractivity contribution >= 4 is 5.91 Å². The van der Waals surface area contributed by atoms with Gasteiger partial charge < -0.3 is 10.8 Å². The number of amides is 1. The minimum Gasteiger partial charge on any atom is -0.396 e. The molecular formula is C6H12NO2. The molecule has 0 aliphatic carbocycles. The molecule has 53 valence electrons. The van der Waals surface area contributed by atoms with Gasteiger partial charge in [0.15, 0.2) is 0 Å². The smallest absolute Gasteiger partial charge is 0.220 e. The molecule has 0 unspecified atom stereocenters. The summed E-state index contributed by atoms with van der Waals surface area (Å²) in [4.78, 5) is 10.3. The van der Waals surface area contributed by atoms with Crippen molar-refractivity contribution in [3.8, 4) is 0 Å². The Morgan fingerprint density at radius 3 is 2.78 bits per heavy atom. The second-order valence-electron chi connectivity index (χ2n) is 2.01. The average Bonchev–Trinajstić information content (AvgIpc) is 1.82. The molecule has 1 atom stereocenters. The zero-order valence-electron chi connectivity index (χ0n) is 5.50. The van der Waals surface area contributed by atoms with Gasteiger partial charge in [-0.15, -0.1) is 0 Å². The molecule has 0 saturated heterocycles. The van der Waals surface area contributed by atoms with Gasteiger partial charge in [0, 0.05) is 12.5 Å². The van der Waals surface area contributed by atoms with Gasteiger partial charge in [-0.3, -0.25) is 4.79 Å². The van der Waals surface area contributed by atoms with E-state index in [1.807, 2.05) is 0 Å². The van der Waals surface area contributed by atoms with Crippen molar-refractivity contribution in [1.82, 2.24) is 0 Å². The van der Waals surface area contributed by atoms with Gasteiger partial charge >= 0.3 is 0 Å². The van der Waals surface area contributed by atoms with E-state index in [2.05, 4.69) is 0 Å². The highest BCUT2D eigenvalue weighted by Gasteiger charge is 2.06. The molecule has 0 aliphatic rings. The molecule has 0 aliphatic heterocycles. The maximum absolute atomic E-state index is 10.3. The molecule has 0 rings (SSSR count). The minimum absolute atomic E-state index is 0.0115. The van der Waals surface area contributed by atoms with E-state index >= 15 is 0 Å². The number of carbonyl (C=O) groups excluding carboxylic acids is 1. The maximum atomic E-state index is 10.3. The highest BCUT2D eigenvalue weighted by Crippen LogP contribution is 2.01. The van der Waals surface area contributed by atoms with Gasteiger partial charge in [0.25, 0.3) is 0 Å². The van der Waals surface area contributed by atoms with Crippen LogP contribution in [-0.4, -0.2) is 17.6 Å². The Morgan fingerprint density at radius 1 is 1.89 bits per heavy atom. The predicted octanol–water partition coefficient (Wildman–Crippen LogP) is -0.306. The van der Waals surface area contributed by atoms with E-state index in [-0.39, 0.29) is 18.4 Å². The summed E-state index contributed by atoms with van der Waals surface area (Å²) in [7, 11) is 0. The minimum atomic E-state index is -0.320. The Hall–Kier alpha value is -0.570. The van der Waals surface area contributed by atoms with Gasteiger partial charge in [0.05, 0.1) is 0 Å². The molecule has 3 heteroatoms. The van der Waals surface area contributed by atoms with E-state index in [1.54, 1.807) is 13.3 Å². The molecule has 0 aromatic heterocycles. The molecule has 3 nitrogen and oxygen atoms in total. The number of nitrogens with two attached hydrogens (primary N) is 1. The quantitative estimate of drug-likeness (QED) is 0.548. The summed E-state index contributed by atoms with van der Waals surface area (Å²) < 4.78 is 0. The van der Waals surface area contributed by atoms with Crippen LogP contribution in [0.5, 0.6) is 0 Å². The van der Waals surface area contributed by atoms with Crippen LogP contribution in [0.25, 0.3) is 0 Å². The first-order chi connectivity index (χ1) is 4.18. The molecule has 9 heavy (non-hydrogen) atoms. The number of rotatable bonds is 4. The van der Waals surface area contributed by atoms with Crippen molar-refractivity contribution in [2.75, 3.05) is 6.61 Å². The summed E-state index contributed by atoms with van der Waals surface area (Å²) >= 11 is 0. The lowest BCUT2D eigenvalue weighted by Crippen LogP contribution is -2.20. The number of aliphatic hydroxyl groups is 1. The number of primary amides is 1. The van der Waals surface area contributed by atoms with Gasteiger partial charge in [-0.2, -0.15) is 0 Å². The largest absolute Gasteiger partial charge is 0.396 e. The Balaban J connectivity index is 3.27. The molecule has 3 N–H and O–H groups in total. The van der Waals surface area contributed by atoms with Crippen LogP contribution in [0.2, 0.25) is 0 Å². The summed E-state index contributed by atoms with van der Waals surface area (Å²) in [6.07, 6.45) is 2.18. The molecule has 1 radical (unpaired) electrons. The first kappa shape index (κ1) is 8.43. The fraction of sp³-hybridized carbons (Fsp3) is 0.667. The molecule has 0 bridgehead atoms. The van der Waals surface area contributed by atoms with E-state index in [0.29, 0.717) is 6.42 Å². The topological polar surface area (TPSA) is 63.3 Å². The lowest BCUT2D eigenvalue weighted by molar-refractivity contribution is -0.121. The monoisotopic (exact) mass is 130 g/mol. The average molecular weight is 130 g/mol. The molecule has 1 amide bonds. The second-order valence-corrected chi connectivity index (χ2v) is 2.01. The second kappa shape index (κ2) is 4.32. The van der Waals surface area contributed by atoms with Crippen LogP contribution in [-0.2, 0) is 4.79 Å². The van der Waals surface area contributed by atoms with E-state index in [9.17, 15) is 4.79 Å². The van der Waals surface area contributed by atoms with Crippen molar-refractivity contribution < 1.29 is 9.90 Å². The SMILES string of the molecule is C[C@@H](C[CH]CO)C(N)=O. The lowest BCUT2D eigenvalue weighted by atomic mass is 10.1. The third-order valence-electron chi connectivity index (χ3n) is 1.14. The van der Waals surface area contributed by atoms with E-state index in [0.717, 1.165) is 0 Å². The Kier molecular flexibility index (Phi) is 4.05. The van der Waals surface area contributed by atoms with Crippen LogP contribution in [0.3, 0.4) is 0 Å². The molecule has 0 spiro atoms. The highest BCUT2D eigenvalue weighted by atomic mass is 16.2.